The topological polar surface area (TPSA) is 58.4 Å². The molecule has 0 aromatic heterocycles. The van der Waals surface area contributed by atoms with Crippen LogP contribution in [0.1, 0.15) is 12.8 Å². The molecule has 0 spiro atoms. The number of nitrogens with zero attached hydrogens (tertiary/aromatic N) is 1. The predicted octanol–water partition coefficient (Wildman–Crippen LogP) is -0.423. The van der Waals surface area contributed by atoms with Crippen LogP contribution in [0.4, 0.5) is 0 Å². The lowest BCUT2D eigenvalue weighted by Gasteiger charge is -2.23. The third kappa shape index (κ3) is 2.02. The van der Waals surface area contributed by atoms with Gasteiger partial charge in [0.2, 0.25) is 5.91 Å². The minimum absolute atomic E-state index is 0. The smallest absolute Gasteiger partial charge is 0.224 e. The van der Waals surface area contributed by atoms with Crippen LogP contribution in [0.25, 0.3) is 0 Å². The fourth-order valence-electron chi connectivity index (χ4n) is 2.43. The molecule has 2 aliphatic heterocycles. The highest BCUT2D eigenvalue weighted by Gasteiger charge is 2.39. The summed E-state index contributed by atoms with van der Waals surface area (Å²) in [6, 6.07) is 0.457. The molecule has 0 aromatic rings. The van der Waals surface area contributed by atoms with Crippen molar-refractivity contribution in [2.45, 2.75) is 18.9 Å². The van der Waals surface area contributed by atoms with Crippen molar-refractivity contribution < 1.29 is 4.79 Å². The van der Waals surface area contributed by atoms with E-state index in [2.05, 4.69) is 5.32 Å². The zero-order chi connectivity index (χ0) is 9.26. The van der Waals surface area contributed by atoms with Crippen molar-refractivity contribution in [3.8, 4) is 0 Å². The Morgan fingerprint density at radius 1 is 1.50 bits per heavy atom. The quantitative estimate of drug-likeness (QED) is 0.663. The van der Waals surface area contributed by atoms with Crippen LogP contribution in [-0.2, 0) is 4.79 Å². The molecular formula is C9H18ClN3O. The Kier molecular flexibility index (Phi) is 4.16. The third-order valence-electron chi connectivity index (χ3n) is 3.12. The lowest BCUT2D eigenvalue weighted by atomic mass is 10.1. The van der Waals surface area contributed by atoms with Crippen molar-refractivity contribution >= 4 is 18.3 Å². The SMILES string of the molecule is Cl.NCCC(=O)N1CC[C@H]2CNC[C@H]21. The molecule has 2 saturated heterocycles. The van der Waals surface area contributed by atoms with Gasteiger partial charge in [0, 0.05) is 38.6 Å². The number of halogens is 1. The zero-order valence-corrected chi connectivity index (χ0v) is 9.05. The minimum atomic E-state index is 0. The second-order valence-electron chi connectivity index (χ2n) is 3.90. The monoisotopic (exact) mass is 219 g/mol. The van der Waals surface area contributed by atoms with Gasteiger partial charge in [-0.05, 0) is 12.3 Å². The van der Waals surface area contributed by atoms with E-state index in [0.29, 0.717) is 24.9 Å². The molecule has 0 saturated carbocycles. The maximum Gasteiger partial charge on any atom is 0.224 e. The molecule has 0 radical (unpaired) electrons. The van der Waals surface area contributed by atoms with Gasteiger partial charge in [-0.25, -0.2) is 0 Å². The van der Waals surface area contributed by atoms with Gasteiger partial charge >= 0.3 is 0 Å². The van der Waals surface area contributed by atoms with E-state index in [9.17, 15) is 4.79 Å². The number of rotatable bonds is 2. The Morgan fingerprint density at radius 2 is 2.29 bits per heavy atom. The summed E-state index contributed by atoms with van der Waals surface area (Å²) < 4.78 is 0. The van der Waals surface area contributed by atoms with E-state index >= 15 is 0 Å². The number of hydrogen-bond donors (Lipinski definition) is 2. The molecule has 2 fully saturated rings. The molecule has 1 amide bonds. The molecule has 5 heteroatoms. The molecule has 0 unspecified atom stereocenters. The van der Waals surface area contributed by atoms with Crippen molar-refractivity contribution in [1.82, 2.24) is 10.2 Å². The first-order chi connectivity index (χ1) is 6.33. The Hall–Kier alpha value is -0.320. The number of nitrogens with one attached hydrogen (secondary N) is 1. The second-order valence-corrected chi connectivity index (χ2v) is 3.90. The van der Waals surface area contributed by atoms with Gasteiger partial charge in [-0.2, -0.15) is 0 Å². The van der Waals surface area contributed by atoms with Crippen LogP contribution in [0, 0.1) is 5.92 Å². The van der Waals surface area contributed by atoms with Crippen molar-refractivity contribution in [3.05, 3.63) is 0 Å². The number of likely N-dealkylation sites (tertiary alicyclic amines) is 1. The van der Waals surface area contributed by atoms with Crippen molar-refractivity contribution in [1.29, 1.82) is 0 Å². The van der Waals surface area contributed by atoms with Crippen LogP contribution in [0.3, 0.4) is 0 Å². The molecule has 2 aliphatic rings. The standard InChI is InChI=1S/C9H17N3O.ClH/c10-3-1-9(13)12-4-2-7-5-11-6-8(7)12;/h7-8,11H,1-6,10H2;1H/t7-,8+;/m0./s1. The molecule has 82 valence electrons. The van der Waals surface area contributed by atoms with Crippen LogP contribution in [-0.4, -0.2) is 43.0 Å². The van der Waals surface area contributed by atoms with Crippen molar-refractivity contribution in [2.24, 2.45) is 11.7 Å². The van der Waals surface area contributed by atoms with Gasteiger partial charge < -0.3 is 16.0 Å². The van der Waals surface area contributed by atoms with Gasteiger partial charge in [0.1, 0.15) is 0 Å². The Labute approximate surface area is 90.6 Å². The Balaban J connectivity index is 0.000000980. The fraction of sp³-hybridized carbons (Fsp3) is 0.889. The summed E-state index contributed by atoms with van der Waals surface area (Å²) in [6.45, 7) is 3.47. The lowest BCUT2D eigenvalue weighted by molar-refractivity contribution is -0.131. The van der Waals surface area contributed by atoms with Crippen LogP contribution >= 0.6 is 12.4 Å². The largest absolute Gasteiger partial charge is 0.338 e. The summed E-state index contributed by atoms with van der Waals surface area (Å²) >= 11 is 0. The van der Waals surface area contributed by atoms with E-state index < -0.39 is 0 Å². The number of amides is 1. The summed E-state index contributed by atoms with van der Waals surface area (Å²) in [6.07, 6.45) is 1.66. The molecule has 0 bridgehead atoms. The van der Waals surface area contributed by atoms with Crippen LogP contribution in [0.5, 0.6) is 0 Å². The molecule has 14 heavy (non-hydrogen) atoms. The van der Waals surface area contributed by atoms with E-state index in [0.717, 1.165) is 26.1 Å². The van der Waals surface area contributed by atoms with Gasteiger partial charge in [-0.15, -0.1) is 12.4 Å². The molecule has 0 aromatic carbocycles. The molecule has 2 heterocycles. The molecule has 0 aliphatic carbocycles. The number of carbonyl (C=O) groups is 1. The molecule has 4 nitrogen and oxygen atoms in total. The van der Waals surface area contributed by atoms with E-state index in [1.807, 2.05) is 4.90 Å². The fourth-order valence-corrected chi connectivity index (χ4v) is 2.43. The second kappa shape index (κ2) is 4.96. The highest BCUT2D eigenvalue weighted by atomic mass is 35.5. The maximum atomic E-state index is 11.6. The zero-order valence-electron chi connectivity index (χ0n) is 8.24. The number of nitrogens with two attached hydrogens (primary N) is 1. The van der Waals surface area contributed by atoms with Gasteiger partial charge in [0.15, 0.2) is 0 Å². The average molecular weight is 220 g/mol. The summed E-state index contributed by atoms with van der Waals surface area (Å²) in [7, 11) is 0. The Morgan fingerprint density at radius 3 is 3.00 bits per heavy atom. The first-order valence-electron chi connectivity index (χ1n) is 5.03. The first kappa shape index (κ1) is 11.8. The van der Waals surface area contributed by atoms with E-state index in [-0.39, 0.29) is 18.3 Å². The molecule has 3 N–H and O–H groups in total. The van der Waals surface area contributed by atoms with Gasteiger partial charge in [0.25, 0.3) is 0 Å². The molecule has 2 atom stereocenters. The summed E-state index contributed by atoms with van der Waals surface area (Å²) in [5, 5.41) is 3.33. The summed E-state index contributed by atoms with van der Waals surface area (Å²) in [5.74, 6) is 0.931. The molecular weight excluding hydrogens is 202 g/mol. The third-order valence-corrected chi connectivity index (χ3v) is 3.12. The van der Waals surface area contributed by atoms with E-state index in [1.165, 1.54) is 0 Å². The molecule has 2 rings (SSSR count). The van der Waals surface area contributed by atoms with Crippen molar-refractivity contribution in [3.63, 3.8) is 0 Å². The number of carbonyl (C=O) groups excluding carboxylic acids is 1. The summed E-state index contributed by atoms with van der Waals surface area (Å²) in [5.41, 5.74) is 5.37. The van der Waals surface area contributed by atoms with Crippen LogP contribution in [0.15, 0.2) is 0 Å². The number of hydrogen-bond acceptors (Lipinski definition) is 3. The number of fused-ring (bicyclic) bond motifs is 1. The van der Waals surface area contributed by atoms with Crippen LogP contribution in [0.2, 0.25) is 0 Å². The summed E-state index contributed by atoms with van der Waals surface area (Å²) in [4.78, 5) is 13.6. The van der Waals surface area contributed by atoms with E-state index in [4.69, 9.17) is 5.73 Å². The van der Waals surface area contributed by atoms with Gasteiger partial charge in [-0.1, -0.05) is 0 Å². The highest BCUT2D eigenvalue weighted by Crippen LogP contribution is 2.27. The Bertz CT molecular complexity index is 212. The van der Waals surface area contributed by atoms with Gasteiger partial charge in [-0.3, -0.25) is 4.79 Å². The van der Waals surface area contributed by atoms with Crippen molar-refractivity contribution in [2.75, 3.05) is 26.2 Å². The minimum Gasteiger partial charge on any atom is -0.338 e. The lowest BCUT2D eigenvalue weighted by Crippen LogP contribution is -2.39. The maximum absolute atomic E-state index is 11.6. The first-order valence-corrected chi connectivity index (χ1v) is 5.03. The highest BCUT2D eigenvalue weighted by molar-refractivity contribution is 5.85. The average Bonchev–Trinajstić information content (AvgIpc) is 2.62. The van der Waals surface area contributed by atoms with Gasteiger partial charge in [0.05, 0.1) is 0 Å². The van der Waals surface area contributed by atoms with Crippen LogP contribution < -0.4 is 11.1 Å². The normalized spacial score (nSPS) is 29.9. The van der Waals surface area contributed by atoms with E-state index in [1.54, 1.807) is 0 Å². The predicted molar refractivity (Wildman–Crippen MR) is 57.4 cm³/mol.